The molecule has 20 heavy (non-hydrogen) atoms. The Bertz CT molecular complexity index is 613. The quantitative estimate of drug-likeness (QED) is 0.934. The van der Waals surface area contributed by atoms with Gasteiger partial charge >= 0.3 is 0 Å². The van der Waals surface area contributed by atoms with Crippen LogP contribution in [0.1, 0.15) is 22.7 Å². The molecule has 0 saturated heterocycles. The third kappa shape index (κ3) is 2.74. The molecule has 0 amide bonds. The Morgan fingerprint density at radius 1 is 1.05 bits per heavy atom. The van der Waals surface area contributed by atoms with Gasteiger partial charge in [-0.3, -0.25) is 0 Å². The summed E-state index contributed by atoms with van der Waals surface area (Å²) in [7, 11) is 3.22. The van der Waals surface area contributed by atoms with Crippen molar-refractivity contribution >= 4 is 11.6 Å². The van der Waals surface area contributed by atoms with E-state index in [9.17, 15) is 0 Å². The Morgan fingerprint density at radius 2 is 1.75 bits per heavy atom. The summed E-state index contributed by atoms with van der Waals surface area (Å²) in [6.45, 7) is 1.97. The lowest BCUT2D eigenvalue weighted by molar-refractivity contribution is 0.354. The first-order chi connectivity index (χ1) is 9.58. The van der Waals surface area contributed by atoms with E-state index < -0.39 is 0 Å². The fourth-order valence-corrected chi connectivity index (χ4v) is 2.37. The van der Waals surface area contributed by atoms with E-state index >= 15 is 0 Å². The Hall–Kier alpha value is -1.71. The zero-order valence-electron chi connectivity index (χ0n) is 11.8. The van der Waals surface area contributed by atoms with Gasteiger partial charge in [0.05, 0.1) is 20.3 Å². The summed E-state index contributed by atoms with van der Waals surface area (Å²) in [6.07, 6.45) is 0. The van der Waals surface area contributed by atoms with Gasteiger partial charge in [-0.05, 0) is 41.8 Å². The highest BCUT2D eigenvalue weighted by Crippen LogP contribution is 2.33. The molecule has 0 aliphatic heterocycles. The van der Waals surface area contributed by atoms with E-state index in [1.54, 1.807) is 14.2 Å². The van der Waals surface area contributed by atoms with E-state index in [4.69, 9.17) is 26.8 Å². The van der Waals surface area contributed by atoms with Gasteiger partial charge in [0.15, 0.2) is 11.5 Å². The van der Waals surface area contributed by atoms with Crippen molar-refractivity contribution in [2.45, 2.75) is 13.0 Å². The van der Waals surface area contributed by atoms with E-state index in [0.717, 1.165) is 21.7 Å². The lowest BCUT2D eigenvalue weighted by Gasteiger charge is -2.17. The number of methoxy groups -OCH3 is 2. The molecule has 0 aliphatic rings. The first-order valence-electron chi connectivity index (χ1n) is 6.31. The lowest BCUT2D eigenvalue weighted by Crippen LogP contribution is -2.13. The standard InChI is InChI=1S/C16H18ClNO2/c1-10-12(5-4-6-13(10)17)16(18)11-7-8-14(19-2)15(9-11)20-3/h4-9,16H,18H2,1-3H3. The molecule has 0 spiro atoms. The summed E-state index contributed by atoms with van der Waals surface area (Å²) in [5.74, 6) is 1.35. The zero-order chi connectivity index (χ0) is 14.7. The zero-order valence-corrected chi connectivity index (χ0v) is 12.6. The first kappa shape index (κ1) is 14.7. The van der Waals surface area contributed by atoms with Crippen LogP contribution in [0.15, 0.2) is 36.4 Å². The van der Waals surface area contributed by atoms with Crippen LogP contribution in [0.3, 0.4) is 0 Å². The van der Waals surface area contributed by atoms with Crippen molar-refractivity contribution < 1.29 is 9.47 Å². The summed E-state index contributed by atoms with van der Waals surface area (Å²) < 4.78 is 10.5. The van der Waals surface area contributed by atoms with Crippen LogP contribution in [-0.4, -0.2) is 14.2 Å². The topological polar surface area (TPSA) is 44.5 Å². The van der Waals surface area contributed by atoms with E-state index in [0.29, 0.717) is 11.5 Å². The van der Waals surface area contributed by atoms with Gasteiger partial charge in [-0.15, -0.1) is 0 Å². The van der Waals surface area contributed by atoms with E-state index in [1.165, 1.54) is 0 Å². The van der Waals surface area contributed by atoms with Crippen molar-refractivity contribution in [3.05, 3.63) is 58.1 Å². The molecule has 0 saturated carbocycles. The minimum absolute atomic E-state index is 0.256. The van der Waals surface area contributed by atoms with Gasteiger partial charge < -0.3 is 15.2 Å². The summed E-state index contributed by atoms with van der Waals surface area (Å²) in [5, 5.41) is 0.721. The predicted molar refractivity (Wildman–Crippen MR) is 81.8 cm³/mol. The Morgan fingerprint density at radius 3 is 2.40 bits per heavy atom. The van der Waals surface area contributed by atoms with Crippen molar-refractivity contribution in [3.63, 3.8) is 0 Å². The maximum absolute atomic E-state index is 6.35. The maximum Gasteiger partial charge on any atom is 0.161 e. The largest absolute Gasteiger partial charge is 0.493 e. The lowest BCUT2D eigenvalue weighted by atomic mass is 9.95. The normalized spacial score (nSPS) is 12.1. The van der Waals surface area contributed by atoms with E-state index in [1.807, 2.05) is 43.3 Å². The number of ether oxygens (including phenoxy) is 2. The van der Waals surface area contributed by atoms with Crippen LogP contribution in [0.4, 0.5) is 0 Å². The number of benzene rings is 2. The monoisotopic (exact) mass is 291 g/mol. The number of hydrogen-bond donors (Lipinski definition) is 1. The molecular formula is C16H18ClNO2. The minimum atomic E-state index is -0.256. The minimum Gasteiger partial charge on any atom is -0.493 e. The number of rotatable bonds is 4. The summed E-state index contributed by atoms with van der Waals surface area (Å²) in [5.41, 5.74) is 9.30. The van der Waals surface area contributed by atoms with Crippen LogP contribution in [0.5, 0.6) is 11.5 Å². The average molecular weight is 292 g/mol. The second-order valence-corrected chi connectivity index (χ2v) is 4.95. The molecule has 1 atom stereocenters. The van der Waals surface area contributed by atoms with Crippen molar-refractivity contribution in [3.8, 4) is 11.5 Å². The molecule has 4 heteroatoms. The molecule has 106 valence electrons. The second kappa shape index (κ2) is 6.16. The van der Waals surface area contributed by atoms with Crippen LogP contribution in [0.25, 0.3) is 0 Å². The average Bonchev–Trinajstić information content (AvgIpc) is 2.48. The molecule has 1 unspecified atom stereocenters. The summed E-state index contributed by atoms with van der Waals surface area (Å²) in [6, 6.07) is 11.2. The molecule has 0 aliphatic carbocycles. The second-order valence-electron chi connectivity index (χ2n) is 4.55. The molecule has 2 rings (SSSR count). The van der Waals surface area contributed by atoms with Crippen molar-refractivity contribution in [2.24, 2.45) is 5.73 Å². The predicted octanol–water partition coefficient (Wildman–Crippen LogP) is 3.71. The molecule has 0 heterocycles. The van der Waals surface area contributed by atoms with Gasteiger partial charge in [-0.1, -0.05) is 29.8 Å². The van der Waals surface area contributed by atoms with Gasteiger partial charge in [-0.25, -0.2) is 0 Å². The molecule has 0 aromatic heterocycles. The molecule has 0 radical (unpaired) electrons. The molecule has 3 nitrogen and oxygen atoms in total. The van der Waals surface area contributed by atoms with Gasteiger partial charge in [-0.2, -0.15) is 0 Å². The molecule has 0 bridgehead atoms. The van der Waals surface area contributed by atoms with Crippen molar-refractivity contribution in [1.29, 1.82) is 0 Å². The molecule has 2 N–H and O–H groups in total. The van der Waals surface area contributed by atoms with Crippen LogP contribution >= 0.6 is 11.6 Å². The fraction of sp³-hybridized carbons (Fsp3) is 0.250. The maximum atomic E-state index is 6.35. The Balaban J connectivity index is 2.43. The molecule has 0 fully saturated rings. The van der Waals surface area contributed by atoms with E-state index in [-0.39, 0.29) is 6.04 Å². The number of halogens is 1. The first-order valence-corrected chi connectivity index (χ1v) is 6.68. The number of hydrogen-bond acceptors (Lipinski definition) is 3. The SMILES string of the molecule is COc1ccc(C(N)c2cccc(Cl)c2C)cc1OC. The van der Waals surface area contributed by atoms with Crippen LogP contribution in [0, 0.1) is 6.92 Å². The van der Waals surface area contributed by atoms with Crippen LogP contribution in [0.2, 0.25) is 5.02 Å². The van der Waals surface area contributed by atoms with Crippen LogP contribution < -0.4 is 15.2 Å². The fourth-order valence-electron chi connectivity index (χ4n) is 2.19. The molecule has 2 aromatic carbocycles. The molecular weight excluding hydrogens is 274 g/mol. The van der Waals surface area contributed by atoms with Crippen molar-refractivity contribution in [2.75, 3.05) is 14.2 Å². The highest BCUT2D eigenvalue weighted by Gasteiger charge is 2.15. The van der Waals surface area contributed by atoms with Gasteiger partial charge in [0.1, 0.15) is 0 Å². The van der Waals surface area contributed by atoms with Crippen molar-refractivity contribution in [1.82, 2.24) is 0 Å². The Labute approximate surface area is 124 Å². The summed E-state index contributed by atoms with van der Waals surface area (Å²) >= 11 is 6.15. The van der Waals surface area contributed by atoms with Gasteiger partial charge in [0, 0.05) is 5.02 Å². The molecule has 2 aromatic rings. The Kier molecular flexibility index (Phi) is 4.53. The third-order valence-corrected chi connectivity index (χ3v) is 3.82. The van der Waals surface area contributed by atoms with Crippen LogP contribution in [-0.2, 0) is 0 Å². The summed E-state index contributed by atoms with van der Waals surface area (Å²) in [4.78, 5) is 0. The third-order valence-electron chi connectivity index (χ3n) is 3.41. The number of nitrogens with two attached hydrogens (primary N) is 1. The smallest absolute Gasteiger partial charge is 0.161 e. The highest BCUT2D eigenvalue weighted by atomic mass is 35.5. The van der Waals surface area contributed by atoms with Gasteiger partial charge in [0.2, 0.25) is 0 Å². The highest BCUT2D eigenvalue weighted by molar-refractivity contribution is 6.31. The van der Waals surface area contributed by atoms with Gasteiger partial charge in [0.25, 0.3) is 0 Å². The van der Waals surface area contributed by atoms with E-state index in [2.05, 4.69) is 0 Å².